The van der Waals surface area contributed by atoms with Crippen molar-refractivity contribution >= 4 is 11.9 Å². The van der Waals surface area contributed by atoms with Crippen LogP contribution in [0.5, 0.6) is 0 Å². The normalized spacial score (nSPS) is 6.83. The number of carboxylic acid groups (broad SMARTS) is 2. The zero-order valence-electron chi connectivity index (χ0n) is 6.57. The third-order valence-electron chi connectivity index (χ3n) is 0.500. The molecule has 0 aliphatic rings. The van der Waals surface area contributed by atoms with Gasteiger partial charge in [-0.15, -0.1) is 0 Å². The average Bonchev–Trinajstić information content (AvgIpc) is 1.89. The minimum Gasteiger partial charge on any atom is -0.480 e. The van der Waals surface area contributed by atoms with E-state index in [1.165, 1.54) is 6.92 Å². The van der Waals surface area contributed by atoms with Crippen LogP contribution in [0, 0.1) is 0 Å². The Morgan fingerprint density at radius 3 is 1.50 bits per heavy atom. The smallest absolute Gasteiger partial charge is 0.330 e. The topological polar surface area (TPSA) is 94.8 Å². The van der Waals surface area contributed by atoms with Gasteiger partial charge in [-0.1, -0.05) is 6.58 Å². The van der Waals surface area contributed by atoms with E-state index in [2.05, 4.69) is 6.58 Å². The number of carboxylic acids is 2. The summed E-state index contributed by atoms with van der Waals surface area (Å²) in [5, 5.41) is 22.9. The van der Waals surface area contributed by atoms with Crippen LogP contribution >= 0.6 is 0 Å². The van der Waals surface area contributed by atoms with Gasteiger partial charge in [-0.05, 0) is 6.92 Å². The second kappa shape index (κ2) is 10.4. The van der Waals surface area contributed by atoms with Crippen molar-refractivity contribution in [2.75, 3.05) is 6.61 Å². The predicted molar refractivity (Wildman–Crippen MR) is 37.2 cm³/mol. The number of hydrogen-bond acceptors (Lipinski definition) is 3. The summed E-state index contributed by atoms with van der Waals surface area (Å²) in [4.78, 5) is 18.7. The van der Waals surface area contributed by atoms with Gasteiger partial charge in [0.25, 0.3) is 0 Å². The van der Waals surface area contributed by atoms with E-state index in [0.29, 0.717) is 0 Å². The number of aliphatic hydroxyl groups is 1. The molecule has 0 aromatic carbocycles. The first-order valence-corrected chi connectivity index (χ1v) is 2.63. The van der Waals surface area contributed by atoms with Crippen LogP contribution in [-0.4, -0.2) is 33.9 Å². The molecule has 0 fully saturated rings. The number of carbonyl (C=O) groups is 2. The third kappa shape index (κ3) is 22.8. The Morgan fingerprint density at radius 1 is 1.33 bits per heavy atom. The van der Waals surface area contributed by atoms with Crippen LogP contribution in [0.4, 0.5) is 0 Å². The SMILES string of the molecule is C=C(C)C(=O)O.O=C(O)CO.[Ti]. The van der Waals surface area contributed by atoms with Gasteiger partial charge >= 0.3 is 11.9 Å². The van der Waals surface area contributed by atoms with Gasteiger partial charge in [0.2, 0.25) is 0 Å². The summed E-state index contributed by atoms with van der Waals surface area (Å²) < 4.78 is 0. The van der Waals surface area contributed by atoms with Gasteiger partial charge in [0, 0.05) is 27.3 Å². The quantitative estimate of drug-likeness (QED) is 0.429. The van der Waals surface area contributed by atoms with Crippen molar-refractivity contribution in [3.63, 3.8) is 0 Å². The second-order valence-electron chi connectivity index (χ2n) is 1.64. The molecule has 6 heteroatoms. The number of aliphatic hydroxyl groups excluding tert-OH is 1. The van der Waals surface area contributed by atoms with E-state index < -0.39 is 18.5 Å². The largest absolute Gasteiger partial charge is 0.480 e. The van der Waals surface area contributed by atoms with Crippen molar-refractivity contribution < 1.29 is 46.6 Å². The Balaban J connectivity index is -0.000000126. The molecule has 3 N–H and O–H groups in total. The molecular formula is C6H10O5Ti. The van der Waals surface area contributed by atoms with Crippen molar-refractivity contribution in [1.29, 1.82) is 0 Å². The maximum absolute atomic E-state index is 9.60. The van der Waals surface area contributed by atoms with Gasteiger partial charge in [0.15, 0.2) is 0 Å². The predicted octanol–water partition coefficient (Wildman–Crippen LogP) is -0.292. The molecule has 0 saturated carbocycles. The summed E-state index contributed by atoms with van der Waals surface area (Å²) in [6.45, 7) is 3.82. The van der Waals surface area contributed by atoms with Gasteiger partial charge in [-0.3, -0.25) is 0 Å². The van der Waals surface area contributed by atoms with E-state index in [1.807, 2.05) is 0 Å². The molecule has 0 aliphatic heterocycles. The van der Waals surface area contributed by atoms with E-state index in [0.717, 1.165) is 0 Å². The molecule has 5 nitrogen and oxygen atoms in total. The Labute approximate surface area is 84.6 Å². The molecule has 0 atom stereocenters. The van der Waals surface area contributed by atoms with E-state index in [-0.39, 0.29) is 27.3 Å². The van der Waals surface area contributed by atoms with Crippen LogP contribution in [0.2, 0.25) is 0 Å². The number of rotatable bonds is 2. The maximum atomic E-state index is 9.60. The van der Waals surface area contributed by atoms with Gasteiger partial charge in [0.05, 0.1) is 0 Å². The fraction of sp³-hybridized carbons (Fsp3) is 0.333. The maximum Gasteiger partial charge on any atom is 0.330 e. The summed E-state index contributed by atoms with van der Waals surface area (Å²) in [5.74, 6) is -2.12. The molecule has 0 aromatic heterocycles. The molecule has 0 aromatic rings. The summed E-state index contributed by atoms with van der Waals surface area (Å²) in [5.41, 5.74) is 0.176. The molecule has 0 amide bonds. The standard InChI is InChI=1S/C4H6O2.C2H4O3.Ti/c1-3(2)4(5)6;3-1-2(4)5;/h1H2,2H3,(H,5,6);3H,1H2,(H,4,5);. The molecule has 0 unspecified atom stereocenters. The Morgan fingerprint density at radius 2 is 1.50 bits per heavy atom. The van der Waals surface area contributed by atoms with Crippen molar-refractivity contribution in [1.82, 2.24) is 0 Å². The Kier molecular flexibility index (Phi) is 15.0. The Hall–Kier alpha value is -0.646. The number of aliphatic carboxylic acids is 2. The first-order valence-electron chi connectivity index (χ1n) is 2.63. The van der Waals surface area contributed by atoms with Crippen LogP contribution in [0.25, 0.3) is 0 Å². The Bertz CT molecular complexity index is 153. The molecule has 0 saturated heterocycles. The number of hydrogen-bond donors (Lipinski definition) is 3. The fourth-order valence-corrected chi connectivity index (χ4v) is 0. The second-order valence-corrected chi connectivity index (χ2v) is 1.64. The summed E-state index contributed by atoms with van der Waals surface area (Å²) >= 11 is 0. The third-order valence-corrected chi connectivity index (χ3v) is 0.500. The zero-order chi connectivity index (χ0) is 9.44. The molecule has 0 rings (SSSR count). The van der Waals surface area contributed by atoms with Crippen LogP contribution in [-0.2, 0) is 31.3 Å². The van der Waals surface area contributed by atoms with E-state index >= 15 is 0 Å². The monoisotopic (exact) mass is 210 g/mol. The fourth-order valence-electron chi connectivity index (χ4n) is 0. The molecule has 0 aliphatic carbocycles. The molecule has 12 heavy (non-hydrogen) atoms. The molecule has 68 valence electrons. The molecule has 0 bridgehead atoms. The van der Waals surface area contributed by atoms with Gasteiger partial charge in [-0.2, -0.15) is 0 Å². The van der Waals surface area contributed by atoms with Crippen molar-refractivity contribution in [3.8, 4) is 0 Å². The van der Waals surface area contributed by atoms with Crippen LogP contribution in [0.15, 0.2) is 12.2 Å². The molecule has 0 spiro atoms. The summed E-state index contributed by atoms with van der Waals surface area (Å²) in [7, 11) is 0. The summed E-state index contributed by atoms with van der Waals surface area (Å²) in [6, 6.07) is 0. The average molecular weight is 210 g/mol. The van der Waals surface area contributed by atoms with Crippen molar-refractivity contribution in [3.05, 3.63) is 12.2 Å². The molecule has 0 heterocycles. The van der Waals surface area contributed by atoms with Gasteiger partial charge < -0.3 is 15.3 Å². The van der Waals surface area contributed by atoms with Crippen molar-refractivity contribution in [2.45, 2.75) is 6.92 Å². The van der Waals surface area contributed by atoms with Gasteiger partial charge in [0.1, 0.15) is 6.61 Å². The van der Waals surface area contributed by atoms with Gasteiger partial charge in [-0.25, -0.2) is 9.59 Å². The van der Waals surface area contributed by atoms with Crippen molar-refractivity contribution in [2.24, 2.45) is 0 Å². The van der Waals surface area contributed by atoms with E-state index in [9.17, 15) is 4.79 Å². The van der Waals surface area contributed by atoms with Crippen LogP contribution in [0.3, 0.4) is 0 Å². The van der Waals surface area contributed by atoms with E-state index in [4.69, 9.17) is 20.1 Å². The summed E-state index contributed by atoms with van der Waals surface area (Å²) in [6.07, 6.45) is 0. The minimum atomic E-state index is -1.19. The minimum absolute atomic E-state index is 0. The molecular weight excluding hydrogens is 200 g/mol. The van der Waals surface area contributed by atoms with E-state index in [1.54, 1.807) is 0 Å². The zero-order valence-corrected chi connectivity index (χ0v) is 8.13. The van der Waals surface area contributed by atoms with Crippen LogP contribution < -0.4 is 0 Å². The first-order chi connectivity index (χ1) is 4.91. The molecule has 0 radical (unpaired) electrons. The first kappa shape index (κ1) is 17.4. The van der Waals surface area contributed by atoms with Crippen LogP contribution in [0.1, 0.15) is 6.92 Å².